The van der Waals surface area contributed by atoms with Crippen LogP contribution in [0.25, 0.3) is 5.69 Å². The van der Waals surface area contributed by atoms with Gasteiger partial charge in [0.05, 0.1) is 17.6 Å². The maximum atomic E-state index is 12.3. The van der Waals surface area contributed by atoms with E-state index in [1.807, 2.05) is 0 Å². The number of aromatic nitrogens is 2. The number of amides is 3. The maximum absolute atomic E-state index is 12.3. The Hall–Kier alpha value is -3.64. The second kappa shape index (κ2) is 7.89. The SMILES string of the molecule is CN1CC[C@@](O)(C#Cc2cccc(-n3cc(NC(=O)C4CCC4)c(C(N)=O)n3)c2)C1=O. The van der Waals surface area contributed by atoms with Crippen molar-refractivity contribution in [3.8, 4) is 17.5 Å². The molecule has 9 heteroatoms. The van der Waals surface area contributed by atoms with Crippen LogP contribution >= 0.6 is 0 Å². The van der Waals surface area contributed by atoms with E-state index in [-0.39, 0.29) is 29.6 Å². The van der Waals surface area contributed by atoms with E-state index >= 15 is 0 Å². The van der Waals surface area contributed by atoms with Crippen molar-refractivity contribution in [2.45, 2.75) is 31.3 Å². The number of hydrogen-bond donors (Lipinski definition) is 3. The third-order valence-corrected chi connectivity index (χ3v) is 5.72. The van der Waals surface area contributed by atoms with E-state index in [0.29, 0.717) is 17.8 Å². The topological polar surface area (TPSA) is 131 Å². The zero-order valence-corrected chi connectivity index (χ0v) is 17.1. The molecule has 2 aromatic rings. The van der Waals surface area contributed by atoms with E-state index in [2.05, 4.69) is 22.3 Å². The summed E-state index contributed by atoms with van der Waals surface area (Å²) in [6, 6.07) is 6.93. The predicted molar refractivity (Wildman–Crippen MR) is 112 cm³/mol. The lowest BCUT2D eigenvalue weighted by atomic mass is 9.85. The summed E-state index contributed by atoms with van der Waals surface area (Å²) in [6.07, 6.45) is 4.46. The summed E-state index contributed by atoms with van der Waals surface area (Å²) in [4.78, 5) is 37.6. The summed E-state index contributed by atoms with van der Waals surface area (Å²) < 4.78 is 1.44. The standard InChI is InChI=1S/C22H23N5O4/c1-26-11-10-22(31,21(26)30)9-8-14-4-2-7-16(12-14)27-13-17(18(25-27)19(23)28)24-20(29)15-5-3-6-15/h2,4,7,12-13,15,31H,3,5-6,10-11H2,1H3,(H2,23,28)(H,24,29)/t22-/m0/s1. The fourth-order valence-corrected chi connectivity index (χ4v) is 3.56. The molecular formula is C22H23N5O4. The molecule has 4 rings (SSSR count). The monoisotopic (exact) mass is 421 g/mol. The number of carbonyl (C=O) groups is 3. The first-order valence-corrected chi connectivity index (χ1v) is 10.1. The van der Waals surface area contributed by atoms with Crippen molar-refractivity contribution in [2.75, 3.05) is 18.9 Å². The number of nitrogens with one attached hydrogen (secondary N) is 1. The van der Waals surface area contributed by atoms with E-state index in [1.54, 1.807) is 31.3 Å². The number of likely N-dealkylation sites (tertiary alicyclic amines) is 1. The van der Waals surface area contributed by atoms with E-state index in [9.17, 15) is 19.5 Å². The quantitative estimate of drug-likeness (QED) is 0.624. The number of primary amides is 1. The van der Waals surface area contributed by atoms with Gasteiger partial charge in [-0.2, -0.15) is 5.10 Å². The van der Waals surface area contributed by atoms with Crippen molar-refractivity contribution in [3.05, 3.63) is 41.7 Å². The van der Waals surface area contributed by atoms with Crippen LogP contribution in [0.2, 0.25) is 0 Å². The van der Waals surface area contributed by atoms with Crippen LogP contribution in [-0.4, -0.2) is 56.7 Å². The number of rotatable bonds is 4. The minimum Gasteiger partial charge on any atom is -0.369 e. The van der Waals surface area contributed by atoms with E-state index in [0.717, 1.165) is 19.3 Å². The molecule has 160 valence electrons. The smallest absolute Gasteiger partial charge is 0.271 e. The van der Waals surface area contributed by atoms with Crippen molar-refractivity contribution < 1.29 is 19.5 Å². The van der Waals surface area contributed by atoms with Crippen LogP contribution in [0.3, 0.4) is 0 Å². The Kier molecular flexibility index (Phi) is 5.25. The Labute approximate surface area is 179 Å². The minimum absolute atomic E-state index is 0.0296. The lowest BCUT2D eigenvalue weighted by Gasteiger charge is -2.23. The lowest BCUT2D eigenvalue weighted by Crippen LogP contribution is -2.37. The molecule has 1 atom stereocenters. The zero-order chi connectivity index (χ0) is 22.2. The molecule has 1 aliphatic heterocycles. The van der Waals surface area contributed by atoms with Gasteiger partial charge in [-0.1, -0.05) is 24.3 Å². The molecule has 2 fully saturated rings. The fourth-order valence-electron chi connectivity index (χ4n) is 3.56. The van der Waals surface area contributed by atoms with Crippen LogP contribution in [0.1, 0.15) is 41.7 Å². The number of benzene rings is 1. The number of anilines is 1. The molecule has 1 aliphatic carbocycles. The van der Waals surface area contributed by atoms with E-state index < -0.39 is 17.4 Å². The van der Waals surface area contributed by atoms with Crippen LogP contribution in [-0.2, 0) is 9.59 Å². The third kappa shape index (κ3) is 4.02. The molecule has 2 aliphatic rings. The van der Waals surface area contributed by atoms with Gasteiger partial charge < -0.3 is 21.1 Å². The van der Waals surface area contributed by atoms with Gasteiger partial charge in [-0.15, -0.1) is 0 Å². The van der Waals surface area contributed by atoms with Gasteiger partial charge in [0.25, 0.3) is 11.8 Å². The van der Waals surface area contributed by atoms with Gasteiger partial charge in [-0.25, -0.2) is 4.68 Å². The average Bonchev–Trinajstić information content (AvgIpc) is 3.23. The predicted octanol–water partition coefficient (Wildman–Crippen LogP) is 0.654. The first-order chi connectivity index (χ1) is 14.8. The van der Waals surface area contributed by atoms with Gasteiger partial charge in [-0.05, 0) is 31.0 Å². The average molecular weight is 421 g/mol. The first kappa shape index (κ1) is 20.6. The van der Waals surface area contributed by atoms with Crippen molar-refractivity contribution in [3.63, 3.8) is 0 Å². The first-order valence-electron chi connectivity index (χ1n) is 10.1. The highest BCUT2D eigenvalue weighted by Crippen LogP contribution is 2.28. The summed E-state index contributed by atoms with van der Waals surface area (Å²) >= 11 is 0. The lowest BCUT2D eigenvalue weighted by molar-refractivity contribution is -0.137. The highest BCUT2D eigenvalue weighted by molar-refractivity contribution is 6.02. The number of nitrogens with zero attached hydrogens (tertiary/aromatic N) is 3. The van der Waals surface area contributed by atoms with Crippen LogP contribution in [0.15, 0.2) is 30.5 Å². The Morgan fingerprint density at radius 2 is 2.13 bits per heavy atom. The molecule has 1 saturated carbocycles. The largest absolute Gasteiger partial charge is 0.369 e. The Bertz CT molecular complexity index is 1120. The van der Waals surface area contributed by atoms with Crippen molar-refractivity contribution in [1.82, 2.24) is 14.7 Å². The Morgan fingerprint density at radius 1 is 1.35 bits per heavy atom. The normalized spacial score (nSPS) is 20.7. The van der Waals surface area contributed by atoms with Crippen molar-refractivity contribution in [2.24, 2.45) is 11.7 Å². The van der Waals surface area contributed by atoms with Gasteiger partial charge in [0.2, 0.25) is 11.5 Å². The molecule has 9 nitrogen and oxygen atoms in total. The van der Waals surface area contributed by atoms with Crippen LogP contribution in [0, 0.1) is 17.8 Å². The number of aliphatic hydroxyl groups is 1. The third-order valence-electron chi connectivity index (χ3n) is 5.72. The summed E-state index contributed by atoms with van der Waals surface area (Å²) in [6.45, 7) is 0.447. The molecule has 31 heavy (non-hydrogen) atoms. The number of nitrogens with two attached hydrogens (primary N) is 1. The second-order valence-corrected chi connectivity index (χ2v) is 7.95. The number of carbonyl (C=O) groups excluding carboxylic acids is 3. The summed E-state index contributed by atoms with van der Waals surface area (Å²) in [5.74, 6) is 4.16. The number of hydrogen-bond acceptors (Lipinski definition) is 5. The van der Waals surface area contributed by atoms with Crippen LogP contribution in [0.5, 0.6) is 0 Å². The maximum Gasteiger partial charge on any atom is 0.271 e. The van der Waals surface area contributed by atoms with Crippen LogP contribution < -0.4 is 11.1 Å². The molecular weight excluding hydrogens is 398 g/mol. The molecule has 4 N–H and O–H groups in total. The second-order valence-electron chi connectivity index (χ2n) is 7.95. The Morgan fingerprint density at radius 3 is 2.74 bits per heavy atom. The molecule has 1 aromatic carbocycles. The zero-order valence-electron chi connectivity index (χ0n) is 17.1. The summed E-state index contributed by atoms with van der Waals surface area (Å²) in [5, 5.41) is 17.4. The molecule has 0 radical (unpaired) electrons. The molecule has 0 unspecified atom stereocenters. The fraction of sp³-hybridized carbons (Fsp3) is 0.364. The van der Waals surface area contributed by atoms with Crippen molar-refractivity contribution in [1.29, 1.82) is 0 Å². The highest BCUT2D eigenvalue weighted by atomic mass is 16.3. The molecule has 0 bridgehead atoms. The molecule has 3 amide bonds. The Balaban J connectivity index is 1.60. The molecule has 2 heterocycles. The van der Waals surface area contributed by atoms with Gasteiger partial charge >= 0.3 is 0 Å². The highest BCUT2D eigenvalue weighted by Gasteiger charge is 2.42. The van der Waals surface area contributed by atoms with E-state index in [4.69, 9.17) is 5.73 Å². The number of likely N-dealkylation sites (N-methyl/N-ethyl adjacent to an activating group) is 1. The van der Waals surface area contributed by atoms with Crippen LogP contribution in [0.4, 0.5) is 5.69 Å². The van der Waals surface area contributed by atoms with Crippen molar-refractivity contribution >= 4 is 23.4 Å². The van der Waals surface area contributed by atoms with Gasteiger partial charge in [0.1, 0.15) is 0 Å². The molecule has 0 spiro atoms. The van der Waals surface area contributed by atoms with Gasteiger partial charge in [-0.3, -0.25) is 14.4 Å². The van der Waals surface area contributed by atoms with Gasteiger partial charge in [0, 0.05) is 31.5 Å². The van der Waals surface area contributed by atoms with E-state index in [1.165, 1.54) is 15.8 Å². The minimum atomic E-state index is -1.69. The molecule has 1 saturated heterocycles. The molecule has 1 aromatic heterocycles. The van der Waals surface area contributed by atoms with Gasteiger partial charge in [0.15, 0.2) is 5.69 Å². The summed E-state index contributed by atoms with van der Waals surface area (Å²) in [5.41, 5.74) is 5.13. The summed E-state index contributed by atoms with van der Waals surface area (Å²) in [7, 11) is 1.62.